The van der Waals surface area contributed by atoms with Gasteiger partial charge >= 0.3 is 0 Å². The van der Waals surface area contributed by atoms with Crippen molar-refractivity contribution in [3.8, 4) is 5.75 Å². The van der Waals surface area contributed by atoms with Gasteiger partial charge in [0.25, 0.3) is 5.91 Å². The van der Waals surface area contributed by atoms with E-state index in [-0.39, 0.29) is 6.10 Å². The predicted octanol–water partition coefficient (Wildman–Crippen LogP) is 0.829. The number of amides is 1. The zero-order chi connectivity index (χ0) is 12.8. The summed E-state index contributed by atoms with van der Waals surface area (Å²) < 4.78 is 5.83. The average Bonchev–Trinajstić information content (AvgIpc) is 2.24. The second-order valence-electron chi connectivity index (χ2n) is 5.55. The van der Waals surface area contributed by atoms with Crippen LogP contribution in [0.15, 0.2) is 18.5 Å². The van der Waals surface area contributed by atoms with E-state index in [1.807, 2.05) is 0 Å². The van der Waals surface area contributed by atoms with Crippen LogP contribution in [0.4, 0.5) is 0 Å². The van der Waals surface area contributed by atoms with Crippen LogP contribution in [0.25, 0.3) is 0 Å². The van der Waals surface area contributed by atoms with E-state index >= 15 is 0 Å². The van der Waals surface area contributed by atoms with Crippen LogP contribution in [-0.4, -0.2) is 23.0 Å². The Hall–Kier alpha value is -1.62. The molecule has 96 valence electrons. The number of hydrogen-bond donors (Lipinski definition) is 2. The standard InChI is InChI=1S/C13H17N3O2/c14-8-3-13(4-8)5-9(6-13)18-11-1-2-16-7-10(11)12(15)17/h1-2,7-9H,3-6,14H2,(H2,15,17)/t8-,9-,13?. The fourth-order valence-electron chi connectivity index (χ4n) is 3.22. The highest BCUT2D eigenvalue weighted by molar-refractivity contribution is 5.95. The summed E-state index contributed by atoms with van der Waals surface area (Å²) in [4.78, 5) is 15.1. The van der Waals surface area contributed by atoms with Crippen molar-refractivity contribution in [3.05, 3.63) is 24.0 Å². The summed E-state index contributed by atoms with van der Waals surface area (Å²) in [7, 11) is 0. The van der Waals surface area contributed by atoms with E-state index in [1.165, 1.54) is 6.20 Å². The first kappa shape index (κ1) is 11.5. The van der Waals surface area contributed by atoms with Crippen LogP contribution in [0.1, 0.15) is 36.0 Å². The number of primary amides is 1. The Bertz CT molecular complexity index is 475. The van der Waals surface area contributed by atoms with Crippen LogP contribution < -0.4 is 16.2 Å². The second kappa shape index (κ2) is 3.95. The number of nitrogens with two attached hydrogens (primary N) is 2. The lowest BCUT2D eigenvalue weighted by Crippen LogP contribution is -2.56. The molecule has 0 aliphatic heterocycles. The maximum atomic E-state index is 11.2. The zero-order valence-corrected chi connectivity index (χ0v) is 10.1. The number of hydrogen-bond acceptors (Lipinski definition) is 4. The van der Waals surface area contributed by atoms with Gasteiger partial charge in [-0.3, -0.25) is 9.78 Å². The molecule has 2 fully saturated rings. The molecule has 2 saturated carbocycles. The lowest BCUT2D eigenvalue weighted by molar-refractivity contribution is -0.0782. The van der Waals surface area contributed by atoms with Crippen molar-refractivity contribution in [2.75, 3.05) is 0 Å². The van der Waals surface area contributed by atoms with Crippen molar-refractivity contribution in [1.29, 1.82) is 0 Å². The summed E-state index contributed by atoms with van der Waals surface area (Å²) in [6.45, 7) is 0. The van der Waals surface area contributed by atoms with E-state index < -0.39 is 5.91 Å². The lowest BCUT2D eigenvalue weighted by atomic mass is 9.53. The third-order valence-electron chi connectivity index (χ3n) is 4.05. The molecule has 1 aromatic heterocycles. The van der Waals surface area contributed by atoms with Gasteiger partial charge in [0, 0.05) is 18.4 Å². The monoisotopic (exact) mass is 247 g/mol. The number of pyridine rings is 1. The molecular weight excluding hydrogens is 230 g/mol. The molecule has 5 nitrogen and oxygen atoms in total. The molecule has 0 bridgehead atoms. The van der Waals surface area contributed by atoms with Crippen molar-refractivity contribution < 1.29 is 9.53 Å². The van der Waals surface area contributed by atoms with E-state index in [1.54, 1.807) is 12.3 Å². The number of carbonyl (C=O) groups excluding carboxylic acids is 1. The van der Waals surface area contributed by atoms with Crippen molar-refractivity contribution in [2.45, 2.75) is 37.8 Å². The van der Waals surface area contributed by atoms with Gasteiger partial charge < -0.3 is 16.2 Å². The highest BCUT2D eigenvalue weighted by atomic mass is 16.5. The van der Waals surface area contributed by atoms with Crippen LogP contribution >= 0.6 is 0 Å². The molecule has 1 amide bonds. The molecule has 0 atom stereocenters. The molecular formula is C13H17N3O2. The summed E-state index contributed by atoms with van der Waals surface area (Å²) in [5, 5.41) is 0. The summed E-state index contributed by atoms with van der Waals surface area (Å²) in [6, 6.07) is 2.06. The SMILES string of the molecule is NC(=O)c1cnccc1O[C@H]1CC2(C[C@@H](N)C2)C1. The van der Waals surface area contributed by atoms with Crippen molar-refractivity contribution in [2.24, 2.45) is 16.9 Å². The third-order valence-corrected chi connectivity index (χ3v) is 4.05. The van der Waals surface area contributed by atoms with Crippen LogP contribution in [0.3, 0.4) is 0 Å². The quantitative estimate of drug-likeness (QED) is 0.827. The van der Waals surface area contributed by atoms with Crippen molar-refractivity contribution >= 4 is 5.91 Å². The van der Waals surface area contributed by atoms with E-state index in [4.69, 9.17) is 16.2 Å². The highest BCUT2D eigenvalue weighted by Crippen LogP contribution is 2.56. The van der Waals surface area contributed by atoms with Gasteiger partial charge in [-0.15, -0.1) is 0 Å². The Morgan fingerprint density at radius 2 is 2.11 bits per heavy atom. The summed E-state index contributed by atoms with van der Waals surface area (Å²) in [5.74, 6) is 0.0405. The third kappa shape index (κ3) is 1.84. The van der Waals surface area contributed by atoms with Gasteiger partial charge in [0.1, 0.15) is 5.75 Å². The van der Waals surface area contributed by atoms with Gasteiger partial charge in [-0.05, 0) is 37.2 Å². The minimum absolute atomic E-state index is 0.179. The molecule has 1 aromatic rings. The number of ether oxygens (including phenoxy) is 1. The Balaban J connectivity index is 1.63. The van der Waals surface area contributed by atoms with Gasteiger partial charge in [0.2, 0.25) is 0 Å². The summed E-state index contributed by atoms with van der Waals surface area (Å²) >= 11 is 0. The first-order valence-electron chi connectivity index (χ1n) is 6.24. The molecule has 4 N–H and O–H groups in total. The molecule has 3 rings (SSSR count). The van der Waals surface area contributed by atoms with Gasteiger partial charge in [-0.2, -0.15) is 0 Å². The number of aromatic nitrogens is 1. The highest BCUT2D eigenvalue weighted by Gasteiger charge is 2.52. The molecule has 1 heterocycles. The summed E-state index contributed by atoms with van der Waals surface area (Å²) in [5.41, 5.74) is 11.9. The first-order chi connectivity index (χ1) is 8.58. The molecule has 0 unspecified atom stereocenters. The smallest absolute Gasteiger partial charge is 0.254 e. The van der Waals surface area contributed by atoms with E-state index in [0.29, 0.717) is 22.8 Å². The Morgan fingerprint density at radius 3 is 2.72 bits per heavy atom. The van der Waals surface area contributed by atoms with E-state index in [2.05, 4.69) is 4.98 Å². The normalized spacial score (nSPS) is 33.6. The zero-order valence-electron chi connectivity index (χ0n) is 10.1. The molecule has 5 heteroatoms. The maximum absolute atomic E-state index is 11.2. The van der Waals surface area contributed by atoms with E-state index in [9.17, 15) is 4.79 Å². The predicted molar refractivity (Wildman–Crippen MR) is 66.0 cm³/mol. The first-order valence-corrected chi connectivity index (χ1v) is 6.24. The van der Waals surface area contributed by atoms with Crippen molar-refractivity contribution in [1.82, 2.24) is 4.98 Å². The fourth-order valence-corrected chi connectivity index (χ4v) is 3.22. The molecule has 0 aromatic carbocycles. The number of carbonyl (C=O) groups is 1. The lowest BCUT2D eigenvalue weighted by Gasteiger charge is -2.56. The fraction of sp³-hybridized carbons (Fsp3) is 0.538. The van der Waals surface area contributed by atoms with Crippen LogP contribution in [0, 0.1) is 5.41 Å². The minimum atomic E-state index is -0.502. The Labute approximate surface area is 106 Å². The average molecular weight is 247 g/mol. The molecule has 2 aliphatic rings. The topological polar surface area (TPSA) is 91.2 Å². The number of rotatable bonds is 3. The molecule has 18 heavy (non-hydrogen) atoms. The van der Waals surface area contributed by atoms with Gasteiger partial charge in [0.15, 0.2) is 0 Å². The van der Waals surface area contributed by atoms with Crippen LogP contribution in [-0.2, 0) is 0 Å². The number of nitrogens with zero attached hydrogens (tertiary/aromatic N) is 1. The maximum Gasteiger partial charge on any atom is 0.254 e. The molecule has 0 saturated heterocycles. The second-order valence-corrected chi connectivity index (χ2v) is 5.55. The van der Waals surface area contributed by atoms with Gasteiger partial charge in [-0.1, -0.05) is 0 Å². The Kier molecular flexibility index (Phi) is 2.52. The molecule has 0 radical (unpaired) electrons. The largest absolute Gasteiger partial charge is 0.489 e. The van der Waals surface area contributed by atoms with Crippen molar-refractivity contribution in [3.63, 3.8) is 0 Å². The summed E-state index contributed by atoms with van der Waals surface area (Å²) in [6.07, 6.45) is 7.50. The van der Waals surface area contributed by atoms with E-state index in [0.717, 1.165) is 25.7 Å². The molecule has 2 aliphatic carbocycles. The molecule has 1 spiro atoms. The minimum Gasteiger partial charge on any atom is -0.489 e. The van der Waals surface area contributed by atoms with Crippen LogP contribution in [0.5, 0.6) is 5.75 Å². The van der Waals surface area contributed by atoms with Crippen LogP contribution in [0.2, 0.25) is 0 Å². The van der Waals surface area contributed by atoms with Gasteiger partial charge in [-0.25, -0.2) is 0 Å². The Morgan fingerprint density at radius 1 is 1.39 bits per heavy atom. The van der Waals surface area contributed by atoms with Gasteiger partial charge in [0.05, 0.1) is 11.7 Å².